The molecule has 28 heavy (non-hydrogen) atoms. The Labute approximate surface area is 163 Å². The number of phenolic OH excluding ortho intramolecular Hbond substituents is 1. The molecule has 1 aromatic heterocycles. The van der Waals surface area contributed by atoms with Gasteiger partial charge in [-0.25, -0.2) is 4.79 Å². The minimum Gasteiger partial charge on any atom is -0.505 e. The average molecular weight is 398 g/mol. The van der Waals surface area contributed by atoms with E-state index >= 15 is 0 Å². The van der Waals surface area contributed by atoms with Crippen LogP contribution in [-0.4, -0.2) is 27.2 Å². The first-order valence-corrected chi connectivity index (χ1v) is 8.25. The third kappa shape index (κ3) is 4.49. The SMILES string of the molecule is O=C(Oc1ccc(C=Nc2cc(Cl)c([N+](=O)[O-])cc2O)cc1)c1cccnc1. The summed E-state index contributed by atoms with van der Waals surface area (Å²) in [7, 11) is 0. The number of pyridine rings is 1. The molecule has 3 aromatic rings. The van der Waals surface area contributed by atoms with Crippen molar-refractivity contribution >= 4 is 35.2 Å². The lowest BCUT2D eigenvalue weighted by atomic mass is 10.2. The maximum Gasteiger partial charge on any atom is 0.345 e. The van der Waals surface area contributed by atoms with Crippen LogP contribution in [0.15, 0.2) is 65.9 Å². The number of hydrogen-bond donors (Lipinski definition) is 1. The van der Waals surface area contributed by atoms with Crippen LogP contribution >= 0.6 is 11.6 Å². The van der Waals surface area contributed by atoms with Crippen molar-refractivity contribution in [1.82, 2.24) is 4.98 Å². The van der Waals surface area contributed by atoms with Gasteiger partial charge in [0.25, 0.3) is 5.69 Å². The highest BCUT2D eigenvalue weighted by molar-refractivity contribution is 6.33. The van der Waals surface area contributed by atoms with Crippen molar-refractivity contribution in [2.45, 2.75) is 0 Å². The fraction of sp³-hybridized carbons (Fsp3) is 0. The van der Waals surface area contributed by atoms with Crippen molar-refractivity contribution in [1.29, 1.82) is 0 Å². The van der Waals surface area contributed by atoms with Gasteiger partial charge in [-0.15, -0.1) is 0 Å². The number of esters is 1. The summed E-state index contributed by atoms with van der Waals surface area (Å²) >= 11 is 5.82. The van der Waals surface area contributed by atoms with Crippen LogP contribution in [-0.2, 0) is 0 Å². The number of benzene rings is 2. The zero-order valence-corrected chi connectivity index (χ0v) is 14.9. The summed E-state index contributed by atoms with van der Waals surface area (Å²) in [6.07, 6.45) is 4.40. The Bertz CT molecular complexity index is 1050. The van der Waals surface area contributed by atoms with E-state index in [1.54, 1.807) is 42.6 Å². The van der Waals surface area contributed by atoms with Gasteiger partial charge in [0.05, 0.1) is 16.6 Å². The van der Waals surface area contributed by atoms with Gasteiger partial charge in [0.1, 0.15) is 22.2 Å². The molecule has 8 nitrogen and oxygen atoms in total. The van der Waals surface area contributed by atoms with E-state index in [0.29, 0.717) is 16.9 Å². The number of aromatic nitrogens is 1. The quantitative estimate of drug-likeness (QED) is 0.225. The largest absolute Gasteiger partial charge is 0.505 e. The molecule has 0 fully saturated rings. The molecule has 1 N–H and O–H groups in total. The third-order valence-corrected chi connectivity index (χ3v) is 3.88. The summed E-state index contributed by atoms with van der Waals surface area (Å²) in [6, 6.07) is 11.8. The Hall–Kier alpha value is -3.78. The summed E-state index contributed by atoms with van der Waals surface area (Å²) in [5, 5.41) is 20.5. The lowest BCUT2D eigenvalue weighted by Gasteiger charge is -2.04. The van der Waals surface area contributed by atoms with E-state index in [0.717, 1.165) is 6.07 Å². The van der Waals surface area contributed by atoms with E-state index in [1.165, 1.54) is 18.5 Å². The lowest BCUT2D eigenvalue weighted by Crippen LogP contribution is -2.08. The van der Waals surface area contributed by atoms with Gasteiger partial charge in [0, 0.05) is 18.6 Å². The molecule has 0 saturated carbocycles. The van der Waals surface area contributed by atoms with Crippen molar-refractivity contribution < 1.29 is 19.6 Å². The van der Waals surface area contributed by atoms with E-state index in [2.05, 4.69) is 9.98 Å². The standard InChI is InChI=1S/C19H12ClN3O5/c20-15-8-16(18(24)9-17(15)23(26)27)22-10-12-3-5-14(6-4-12)28-19(25)13-2-1-7-21-11-13/h1-11,24H. The predicted molar refractivity (Wildman–Crippen MR) is 103 cm³/mol. The number of ether oxygens (including phenoxy) is 1. The van der Waals surface area contributed by atoms with Crippen molar-refractivity contribution in [3.05, 3.63) is 87.2 Å². The summed E-state index contributed by atoms with van der Waals surface area (Å²) in [5.41, 5.74) is 0.661. The lowest BCUT2D eigenvalue weighted by molar-refractivity contribution is -0.384. The molecule has 0 aliphatic rings. The van der Waals surface area contributed by atoms with Gasteiger partial charge in [-0.05, 0) is 48.0 Å². The van der Waals surface area contributed by atoms with Crippen LogP contribution in [0.5, 0.6) is 11.5 Å². The number of aromatic hydroxyl groups is 1. The zero-order chi connectivity index (χ0) is 20.1. The van der Waals surface area contributed by atoms with Crippen molar-refractivity contribution in [2.24, 2.45) is 4.99 Å². The molecule has 0 aliphatic heterocycles. The Kier molecular flexibility index (Phi) is 5.61. The van der Waals surface area contributed by atoms with E-state index in [9.17, 15) is 20.0 Å². The molecule has 0 unspecified atom stereocenters. The Morgan fingerprint density at radius 1 is 1.25 bits per heavy atom. The normalized spacial score (nSPS) is 10.8. The number of carbonyl (C=O) groups is 1. The number of nitro benzene ring substituents is 1. The molecule has 0 bridgehead atoms. The van der Waals surface area contributed by atoms with Gasteiger partial charge in [-0.3, -0.25) is 20.1 Å². The predicted octanol–water partition coefficient (Wildman–Crippen LogP) is 4.32. The van der Waals surface area contributed by atoms with E-state index in [4.69, 9.17) is 16.3 Å². The van der Waals surface area contributed by atoms with Gasteiger partial charge < -0.3 is 9.84 Å². The summed E-state index contributed by atoms with van der Waals surface area (Å²) in [6.45, 7) is 0. The Balaban J connectivity index is 1.71. The fourth-order valence-electron chi connectivity index (χ4n) is 2.20. The van der Waals surface area contributed by atoms with Crippen LogP contribution < -0.4 is 4.74 Å². The second kappa shape index (κ2) is 8.28. The average Bonchev–Trinajstić information content (AvgIpc) is 2.70. The number of carbonyl (C=O) groups excluding carboxylic acids is 1. The highest BCUT2D eigenvalue weighted by Gasteiger charge is 2.16. The summed E-state index contributed by atoms with van der Waals surface area (Å²) < 4.78 is 5.24. The second-order valence-corrected chi connectivity index (χ2v) is 5.92. The number of aliphatic imine (C=N–C) groups is 1. The first-order valence-electron chi connectivity index (χ1n) is 7.87. The van der Waals surface area contributed by atoms with E-state index in [-0.39, 0.29) is 16.5 Å². The van der Waals surface area contributed by atoms with E-state index in [1.807, 2.05) is 0 Å². The molecule has 0 saturated heterocycles. The van der Waals surface area contributed by atoms with Gasteiger partial charge in [-0.2, -0.15) is 0 Å². The Morgan fingerprint density at radius 3 is 2.64 bits per heavy atom. The molecule has 2 aromatic carbocycles. The highest BCUT2D eigenvalue weighted by Crippen LogP contribution is 2.36. The molecular formula is C19H12ClN3O5. The summed E-state index contributed by atoms with van der Waals surface area (Å²) in [4.78, 5) is 30.0. The van der Waals surface area contributed by atoms with Crippen molar-refractivity contribution in [3.8, 4) is 11.5 Å². The molecule has 0 radical (unpaired) electrons. The number of rotatable bonds is 5. The second-order valence-electron chi connectivity index (χ2n) is 5.51. The number of nitrogens with zero attached hydrogens (tertiary/aromatic N) is 3. The third-order valence-electron chi connectivity index (χ3n) is 3.58. The first kappa shape index (κ1) is 19.0. The number of phenols is 1. The van der Waals surface area contributed by atoms with Crippen molar-refractivity contribution in [2.75, 3.05) is 0 Å². The number of halogens is 1. The van der Waals surface area contributed by atoms with Crippen LogP contribution in [0.4, 0.5) is 11.4 Å². The van der Waals surface area contributed by atoms with Crippen LogP contribution in [0.1, 0.15) is 15.9 Å². The first-order chi connectivity index (χ1) is 13.4. The molecule has 0 atom stereocenters. The van der Waals surface area contributed by atoms with Crippen LogP contribution in [0.25, 0.3) is 0 Å². The fourth-order valence-corrected chi connectivity index (χ4v) is 2.43. The molecule has 0 aliphatic carbocycles. The van der Waals surface area contributed by atoms with Gasteiger partial charge in [0.2, 0.25) is 0 Å². The molecule has 9 heteroatoms. The smallest absolute Gasteiger partial charge is 0.345 e. The molecule has 0 spiro atoms. The molecule has 1 heterocycles. The number of nitro groups is 1. The monoisotopic (exact) mass is 397 g/mol. The Morgan fingerprint density at radius 2 is 2.00 bits per heavy atom. The molecule has 140 valence electrons. The minimum absolute atomic E-state index is 0.0858. The molecule has 3 rings (SSSR count). The molecule has 0 amide bonds. The van der Waals surface area contributed by atoms with Gasteiger partial charge >= 0.3 is 5.97 Å². The van der Waals surface area contributed by atoms with Crippen molar-refractivity contribution in [3.63, 3.8) is 0 Å². The zero-order valence-electron chi connectivity index (χ0n) is 14.2. The summed E-state index contributed by atoms with van der Waals surface area (Å²) in [5.74, 6) is -0.554. The van der Waals surface area contributed by atoms with Crippen LogP contribution in [0, 0.1) is 10.1 Å². The molecular weight excluding hydrogens is 386 g/mol. The van der Waals surface area contributed by atoms with Gasteiger partial charge in [-0.1, -0.05) is 11.6 Å². The highest BCUT2D eigenvalue weighted by atomic mass is 35.5. The van der Waals surface area contributed by atoms with Gasteiger partial charge in [0.15, 0.2) is 0 Å². The van der Waals surface area contributed by atoms with Crippen LogP contribution in [0.2, 0.25) is 5.02 Å². The number of hydrogen-bond acceptors (Lipinski definition) is 7. The topological polar surface area (TPSA) is 115 Å². The van der Waals surface area contributed by atoms with E-state index < -0.39 is 16.6 Å². The minimum atomic E-state index is -0.693. The van der Waals surface area contributed by atoms with Crippen LogP contribution in [0.3, 0.4) is 0 Å². The maximum atomic E-state index is 12.0. The maximum absolute atomic E-state index is 12.0.